The smallest absolute Gasteiger partial charge is 0.160 e. The van der Waals surface area contributed by atoms with Crippen molar-refractivity contribution in [2.45, 2.75) is 20.3 Å². The van der Waals surface area contributed by atoms with Crippen LogP contribution >= 0.6 is 0 Å². The Bertz CT molecular complexity index is 369. The van der Waals surface area contributed by atoms with Crippen LogP contribution in [-0.2, 0) is 4.74 Å². The van der Waals surface area contributed by atoms with Crippen LogP contribution in [0.25, 0.3) is 0 Å². The molecule has 0 saturated carbocycles. The van der Waals surface area contributed by atoms with Crippen molar-refractivity contribution < 1.29 is 14.6 Å². The SMILES string of the molecule is CC(C)C1(CCOc2ccccc2O)COC1. The number of rotatable bonds is 5. The van der Waals surface area contributed by atoms with E-state index < -0.39 is 0 Å². The highest BCUT2D eigenvalue weighted by molar-refractivity contribution is 5.37. The average molecular weight is 236 g/mol. The molecule has 1 fully saturated rings. The molecule has 0 spiro atoms. The molecule has 1 heterocycles. The summed E-state index contributed by atoms with van der Waals surface area (Å²) < 4.78 is 10.9. The molecular formula is C14H20O3. The molecular weight excluding hydrogens is 216 g/mol. The Morgan fingerprint density at radius 1 is 1.35 bits per heavy atom. The largest absolute Gasteiger partial charge is 0.504 e. The second-order valence-electron chi connectivity index (χ2n) is 5.08. The van der Waals surface area contributed by atoms with Crippen molar-refractivity contribution in [3.8, 4) is 11.5 Å². The summed E-state index contributed by atoms with van der Waals surface area (Å²) in [6, 6.07) is 7.08. The van der Waals surface area contributed by atoms with Crippen LogP contribution in [0.4, 0.5) is 0 Å². The van der Waals surface area contributed by atoms with Gasteiger partial charge in [0.2, 0.25) is 0 Å². The van der Waals surface area contributed by atoms with E-state index in [9.17, 15) is 5.11 Å². The van der Waals surface area contributed by atoms with Crippen LogP contribution in [-0.4, -0.2) is 24.9 Å². The van der Waals surface area contributed by atoms with E-state index in [-0.39, 0.29) is 11.2 Å². The fraction of sp³-hybridized carbons (Fsp3) is 0.571. The lowest BCUT2D eigenvalue weighted by Gasteiger charge is -2.45. The molecule has 1 aliphatic heterocycles. The summed E-state index contributed by atoms with van der Waals surface area (Å²) in [6.45, 7) is 6.73. The molecule has 2 rings (SSSR count). The third kappa shape index (κ3) is 2.55. The highest BCUT2D eigenvalue weighted by Crippen LogP contribution is 2.39. The zero-order valence-electron chi connectivity index (χ0n) is 10.5. The first-order valence-electron chi connectivity index (χ1n) is 6.13. The highest BCUT2D eigenvalue weighted by atomic mass is 16.5. The van der Waals surface area contributed by atoms with Gasteiger partial charge in [0.05, 0.1) is 19.8 Å². The summed E-state index contributed by atoms with van der Waals surface area (Å²) in [6.07, 6.45) is 0.971. The molecule has 0 amide bonds. The topological polar surface area (TPSA) is 38.7 Å². The van der Waals surface area contributed by atoms with Gasteiger partial charge in [-0.2, -0.15) is 0 Å². The number of hydrogen-bond acceptors (Lipinski definition) is 3. The first-order chi connectivity index (χ1) is 8.14. The Labute approximate surface area is 102 Å². The van der Waals surface area contributed by atoms with Gasteiger partial charge in [0.25, 0.3) is 0 Å². The first kappa shape index (κ1) is 12.2. The molecule has 17 heavy (non-hydrogen) atoms. The molecule has 1 saturated heterocycles. The van der Waals surface area contributed by atoms with Crippen LogP contribution < -0.4 is 4.74 Å². The predicted octanol–water partition coefficient (Wildman–Crippen LogP) is 2.83. The third-order valence-corrected chi connectivity index (χ3v) is 3.73. The molecule has 0 aromatic heterocycles. The van der Waals surface area contributed by atoms with E-state index in [4.69, 9.17) is 9.47 Å². The molecule has 3 heteroatoms. The van der Waals surface area contributed by atoms with Crippen molar-refractivity contribution in [1.82, 2.24) is 0 Å². The lowest BCUT2D eigenvalue weighted by Crippen LogP contribution is -2.47. The number of para-hydroxylation sites is 2. The van der Waals surface area contributed by atoms with Gasteiger partial charge in [-0.05, 0) is 24.5 Å². The lowest BCUT2D eigenvalue weighted by molar-refractivity contribution is -0.146. The number of phenols is 1. The minimum absolute atomic E-state index is 0.205. The molecule has 94 valence electrons. The van der Waals surface area contributed by atoms with Crippen molar-refractivity contribution in [2.75, 3.05) is 19.8 Å². The summed E-state index contributed by atoms with van der Waals surface area (Å²) in [5, 5.41) is 9.57. The van der Waals surface area contributed by atoms with E-state index in [1.54, 1.807) is 18.2 Å². The Hall–Kier alpha value is -1.22. The van der Waals surface area contributed by atoms with E-state index in [0.29, 0.717) is 18.3 Å². The standard InChI is InChI=1S/C14H20O3/c1-11(2)14(9-16-10-14)7-8-17-13-6-4-3-5-12(13)15/h3-6,11,15H,7-10H2,1-2H3. The molecule has 0 atom stereocenters. The van der Waals surface area contributed by atoms with Crippen molar-refractivity contribution in [1.29, 1.82) is 0 Å². The summed E-state index contributed by atoms with van der Waals surface area (Å²) in [5.74, 6) is 1.37. The van der Waals surface area contributed by atoms with Crippen LogP contribution in [0.1, 0.15) is 20.3 Å². The van der Waals surface area contributed by atoms with E-state index in [1.165, 1.54) is 0 Å². The maximum absolute atomic E-state index is 9.57. The maximum Gasteiger partial charge on any atom is 0.160 e. The fourth-order valence-corrected chi connectivity index (χ4v) is 2.07. The van der Waals surface area contributed by atoms with Gasteiger partial charge in [0.1, 0.15) is 0 Å². The average Bonchev–Trinajstić information content (AvgIpc) is 2.23. The zero-order chi connectivity index (χ0) is 12.3. The summed E-state index contributed by atoms with van der Waals surface area (Å²) in [4.78, 5) is 0. The van der Waals surface area contributed by atoms with Gasteiger partial charge in [-0.15, -0.1) is 0 Å². The second kappa shape index (κ2) is 4.96. The van der Waals surface area contributed by atoms with Gasteiger partial charge in [-0.25, -0.2) is 0 Å². The predicted molar refractivity (Wildman–Crippen MR) is 66.3 cm³/mol. The molecule has 0 aliphatic carbocycles. The van der Waals surface area contributed by atoms with Crippen molar-refractivity contribution in [2.24, 2.45) is 11.3 Å². The van der Waals surface area contributed by atoms with Gasteiger partial charge in [-0.1, -0.05) is 26.0 Å². The van der Waals surface area contributed by atoms with Gasteiger partial charge >= 0.3 is 0 Å². The number of ether oxygens (including phenoxy) is 2. The summed E-state index contributed by atoms with van der Waals surface area (Å²) in [5.41, 5.74) is 0.268. The minimum Gasteiger partial charge on any atom is -0.504 e. The van der Waals surface area contributed by atoms with Gasteiger partial charge < -0.3 is 14.6 Å². The molecule has 0 unspecified atom stereocenters. The van der Waals surface area contributed by atoms with E-state index >= 15 is 0 Å². The summed E-state index contributed by atoms with van der Waals surface area (Å²) in [7, 11) is 0. The van der Waals surface area contributed by atoms with Crippen molar-refractivity contribution >= 4 is 0 Å². The molecule has 3 nitrogen and oxygen atoms in total. The number of aromatic hydroxyl groups is 1. The van der Waals surface area contributed by atoms with Crippen molar-refractivity contribution in [3.63, 3.8) is 0 Å². The zero-order valence-corrected chi connectivity index (χ0v) is 10.5. The van der Waals surface area contributed by atoms with E-state index in [0.717, 1.165) is 19.6 Å². The Kier molecular flexibility index (Phi) is 3.57. The van der Waals surface area contributed by atoms with Gasteiger partial charge in [-0.3, -0.25) is 0 Å². The van der Waals surface area contributed by atoms with E-state index in [1.807, 2.05) is 6.07 Å². The summed E-state index contributed by atoms with van der Waals surface area (Å²) >= 11 is 0. The quantitative estimate of drug-likeness (QED) is 0.854. The fourth-order valence-electron chi connectivity index (χ4n) is 2.07. The number of hydrogen-bond donors (Lipinski definition) is 1. The molecule has 1 aromatic rings. The molecule has 0 radical (unpaired) electrons. The molecule has 1 aliphatic rings. The van der Waals surface area contributed by atoms with Crippen LogP contribution in [0, 0.1) is 11.3 Å². The minimum atomic E-state index is 0.205. The van der Waals surface area contributed by atoms with Crippen LogP contribution in [0.15, 0.2) is 24.3 Å². The van der Waals surface area contributed by atoms with Gasteiger partial charge in [0.15, 0.2) is 11.5 Å². The van der Waals surface area contributed by atoms with Crippen molar-refractivity contribution in [3.05, 3.63) is 24.3 Å². The monoisotopic (exact) mass is 236 g/mol. The Morgan fingerprint density at radius 3 is 2.59 bits per heavy atom. The Morgan fingerprint density at radius 2 is 2.06 bits per heavy atom. The third-order valence-electron chi connectivity index (χ3n) is 3.73. The molecule has 0 bridgehead atoms. The van der Waals surface area contributed by atoms with Crippen LogP contribution in [0.3, 0.4) is 0 Å². The lowest BCUT2D eigenvalue weighted by atomic mass is 9.73. The normalized spacial score (nSPS) is 17.8. The van der Waals surface area contributed by atoms with Crippen LogP contribution in [0.2, 0.25) is 0 Å². The second-order valence-corrected chi connectivity index (χ2v) is 5.08. The van der Waals surface area contributed by atoms with Crippen LogP contribution in [0.5, 0.6) is 11.5 Å². The maximum atomic E-state index is 9.57. The Balaban J connectivity index is 1.85. The molecule has 1 N–H and O–H groups in total. The first-order valence-corrected chi connectivity index (χ1v) is 6.13. The highest BCUT2D eigenvalue weighted by Gasteiger charge is 2.41. The number of benzene rings is 1. The number of phenolic OH excluding ortho intramolecular Hbond substituents is 1. The van der Waals surface area contributed by atoms with Gasteiger partial charge in [0, 0.05) is 5.41 Å². The molecule has 1 aromatic carbocycles. The van der Waals surface area contributed by atoms with E-state index in [2.05, 4.69) is 13.8 Å².